The lowest BCUT2D eigenvalue weighted by Crippen LogP contribution is -2.45. The molecule has 0 aromatic heterocycles. The Bertz CT molecular complexity index is 911. The molecule has 1 amide bonds. The summed E-state index contributed by atoms with van der Waals surface area (Å²) in [5, 5.41) is 3.05. The van der Waals surface area contributed by atoms with Crippen LogP contribution in [0.1, 0.15) is 32.3 Å². The summed E-state index contributed by atoms with van der Waals surface area (Å²) in [6, 6.07) is 16.9. The number of sulfonamides is 1. The third-order valence-corrected chi connectivity index (χ3v) is 5.67. The molecule has 0 heterocycles. The zero-order valence-corrected chi connectivity index (χ0v) is 18.3. The van der Waals surface area contributed by atoms with Crippen molar-refractivity contribution in [2.45, 2.75) is 38.6 Å². The maximum atomic E-state index is 12.4. The molecule has 0 radical (unpaired) electrons. The summed E-state index contributed by atoms with van der Waals surface area (Å²) in [6.45, 7) is 4.19. The van der Waals surface area contributed by atoms with E-state index in [-0.39, 0.29) is 24.4 Å². The van der Waals surface area contributed by atoms with Gasteiger partial charge in [-0.25, -0.2) is 8.42 Å². The monoisotopic (exact) mass is 418 g/mol. The van der Waals surface area contributed by atoms with Gasteiger partial charge in [0.2, 0.25) is 15.9 Å². The number of hydrogen-bond acceptors (Lipinski definition) is 4. The first-order chi connectivity index (χ1) is 13.6. The average Bonchev–Trinajstić information content (AvgIpc) is 2.64. The van der Waals surface area contributed by atoms with E-state index in [1.165, 1.54) is 11.4 Å². The van der Waals surface area contributed by atoms with Gasteiger partial charge in [-0.1, -0.05) is 36.4 Å². The summed E-state index contributed by atoms with van der Waals surface area (Å²) < 4.78 is 30.9. The number of hydrogen-bond donors (Lipinski definition) is 1. The lowest BCUT2D eigenvalue weighted by atomic mass is 9.94. The zero-order valence-electron chi connectivity index (χ0n) is 17.5. The van der Waals surface area contributed by atoms with Gasteiger partial charge in [0, 0.05) is 24.6 Å². The van der Waals surface area contributed by atoms with E-state index in [2.05, 4.69) is 5.32 Å². The van der Waals surface area contributed by atoms with Crippen molar-refractivity contribution in [2.24, 2.45) is 0 Å². The number of carbonyl (C=O) groups excluding carboxylic acids is 1. The van der Waals surface area contributed by atoms with E-state index in [0.29, 0.717) is 17.9 Å². The van der Waals surface area contributed by atoms with Gasteiger partial charge in [-0.15, -0.1) is 0 Å². The smallest absolute Gasteiger partial charge is 0.232 e. The molecule has 0 unspecified atom stereocenters. The highest BCUT2D eigenvalue weighted by molar-refractivity contribution is 7.92. The molecule has 0 aliphatic heterocycles. The lowest BCUT2D eigenvalue weighted by Gasteiger charge is -2.27. The molecule has 0 saturated heterocycles. The van der Waals surface area contributed by atoms with E-state index in [9.17, 15) is 13.2 Å². The molecule has 0 fully saturated rings. The number of anilines is 1. The molecule has 2 aromatic carbocycles. The van der Waals surface area contributed by atoms with E-state index in [0.717, 1.165) is 18.2 Å². The maximum absolute atomic E-state index is 12.4. The van der Waals surface area contributed by atoms with Crippen LogP contribution in [-0.2, 0) is 21.2 Å². The Morgan fingerprint density at radius 3 is 2.41 bits per heavy atom. The number of nitrogens with one attached hydrogen (secondary N) is 1. The molecule has 29 heavy (non-hydrogen) atoms. The highest BCUT2D eigenvalue weighted by Gasteiger charge is 2.22. The second kappa shape index (κ2) is 9.78. The van der Waals surface area contributed by atoms with Gasteiger partial charge in [0.25, 0.3) is 0 Å². The second-order valence-electron chi connectivity index (χ2n) is 7.73. The van der Waals surface area contributed by atoms with Crippen molar-refractivity contribution in [3.63, 3.8) is 0 Å². The minimum absolute atomic E-state index is 0.0926. The normalized spacial score (nSPS) is 11.7. The van der Waals surface area contributed by atoms with E-state index < -0.39 is 10.0 Å². The van der Waals surface area contributed by atoms with Crippen LogP contribution in [-0.4, -0.2) is 39.8 Å². The van der Waals surface area contributed by atoms with Crippen molar-refractivity contribution < 1.29 is 17.9 Å². The SMILES string of the molecule is COc1cccc(N(CCCC(=O)NC(C)(C)Cc2ccccc2)S(C)(=O)=O)c1. The highest BCUT2D eigenvalue weighted by Crippen LogP contribution is 2.23. The van der Waals surface area contributed by atoms with E-state index >= 15 is 0 Å². The number of nitrogens with zero attached hydrogens (tertiary/aromatic N) is 1. The van der Waals surface area contributed by atoms with E-state index in [4.69, 9.17) is 4.74 Å². The predicted octanol–water partition coefficient (Wildman–Crippen LogP) is 3.38. The maximum Gasteiger partial charge on any atom is 0.232 e. The predicted molar refractivity (Wildman–Crippen MR) is 117 cm³/mol. The highest BCUT2D eigenvalue weighted by atomic mass is 32.2. The van der Waals surface area contributed by atoms with E-state index in [1.54, 1.807) is 24.3 Å². The number of methoxy groups -OCH3 is 1. The molecule has 0 aliphatic carbocycles. The summed E-state index contributed by atoms with van der Waals surface area (Å²) in [5.41, 5.74) is 1.29. The summed E-state index contributed by atoms with van der Waals surface area (Å²) in [7, 11) is -1.94. The third-order valence-electron chi connectivity index (χ3n) is 4.47. The second-order valence-corrected chi connectivity index (χ2v) is 9.64. The summed E-state index contributed by atoms with van der Waals surface area (Å²) in [5.74, 6) is 0.488. The van der Waals surface area contributed by atoms with Crippen molar-refractivity contribution in [2.75, 3.05) is 24.2 Å². The molecule has 0 bridgehead atoms. The van der Waals surface area contributed by atoms with Crippen LogP contribution in [0.5, 0.6) is 5.75 Å². The average molecular weight is 419 g/mol. The summed E-state index contributed by atoms with van der Waals surface area (Å²) in [6.07, 6.45) is 2.54. The Morgan fingerprint density at radius 2 is 1.79 bits per heavy atom. The Morgan fingerprint density at radius 1 is 1.10 bits per heavy atom. The molecule has 1 N–H and O–H groups in total. The van der Waals surface area contributed by atoms with Crippen molar-refractivity contribution in [1.29, 1.82) is 0 Å². The van der Waals surface area contributed by atoms with Crippen LogP contribution in [0.4, 0.5) is 5.69 Å². The van der Waals surface area contributed by atoms with Crippen LogP contribution in [0.15, 0.2) is 54.6 Å². The van der Waals surface area contributed by atoms with Gasteiger partial charge in [0.05, 0.1) is 19.1 Å². The number of amides is 1. The number of carbonyl (C=O) groups is 1. The molecule has 0 aliphatic rings. The topological polar surface area (TPSA) is 75.7 Å². The van der Waals surface area contributed by atoms with Crippen molar-refractivity contribution in [1.82, 2.24) is 5.32 Å². The number of ether oxygens (including phenoxy) is 1. The molecular formula is C22H30N2O4S. The third kappa shape index (κ3) is 7.42. The molecule has 0 atom stereocenters. The van der Waals surface area contributed by atoms with Crippen LogP contribution < -0.4 is 14.4 Å². The summed E-state index contributed by atoms with van der Waals surface area (Å²) in [4.78, 5) is 12.4. The number of benzene rings is 2. The molecule has 2 rings (SSSR count). The molecule has 0 spiro atoms. The fourth-order valence-corrected chi connectivity index (χ4v) is 4.18. The van der Waals surface area contributed by atoms with Gasteiger partial charge >= 0.3 is 0 Å². The molecule has 7 heteroatoms. The Hall–Kier alpha value is -2.54. The Kier molecular flexibility index (Phi) is 7.67. The van der Waals surface area contributed by atoms with Crippen LogP contribution in [0.2, 0.25) is 0 Å². The fourth-order valence-electron chi connectivity index (χ4n) is 3.23. The Balaban J connectivity index is 1.94. The summed E-state index contributed by atoms with van der Waals surface area (Å²) >= 11 is 0. The first-order valence-electron chi connectivity index (χ1n) is 9.57. The Labute approximate surface area is 173 Å². The van der Waals surface area contributed by atoms with Gasteiger partial charge in [-0.2, -0.15) is 0 Å². The van der Waals surface area contributed by atoms with Crippen LogP contribution in [0.3, 0.4) is 0 Å². The first-order valence-corrected chi connectivity index (χ1v) is 11.4. The number of rotatable bonds is 10. The molecule has 0 saturated carbocycles. The van der Waals surface area contributed by atoms with Crippen molar-refractivity contribution in [3.05, 3.63) is 60.2 Å². The van der Waals surface area contributed by atoms with Gasteiger partial charge in [-0.3, -0.25) is 9.10 Å². The van der Waals surface area contributed by atoms with Gasteiger partial charge in [0.15, 0.2) is 0 Å². The van der Waals surface area contributed by atoms with Gasteiger partial charge < -0.3 is 10.1 Å². The van der Waals surface area contributed by atoms with Crippen LogP contribution in [0, 0.1) is 0 Å². The molecule has 6 nitrogen and oxygen atoms in total. The largest absolute Gasteiger partial charge is 0.497 e. The molecule has 158 valence electrons. The quantitative estimate of drug-likeness (QED) is 0.642. The first kappa shape index (κ1) is 22.7. The minimum atomic E-state index is -3.47. The van der Waals surface area contributed by atoms with Crippen molar-refractivity contribution >= 4 is 21.6 Å². The van der Waals surface area contributed by atoms with Crippen LogP contribution >= 0.6 is 0 Å². The van der Waals surface area contributed by atoms with Crippen molar-refractivity contribution in [3.8, 4) is 5.75 Å². The zero-order chi connectivity index (χ0) is 21.5. The van der Waals surface area contributed by atoms with Gasteiger partial charge in [0.1, 0.15) is 5.75 Å². The fraction of sp³-hybridized carbons (Fsp3) is 0.409. The van der Waals surface area contributed by atoms with E-state index in [1.807, 2.05) is 44.2 Å². The standard InChI is InChI=1S/C22H30N2O4S/c1-22(2,17-18-10-6-5-7-11-18)23-21(25)14-9-15-24(29(4,26)27)19-12-8-13-20(16-19)28-3/h5-8,10-13,16H,9,14-15,17H2,1-4H3,(H,23,25). The molecular weight excluding hydrogens is 388 g/mol. The lowest BCUT2D eigenvalue weighted by molar-refractivity contribution is -0.122. The van der Waals surface area contributed by atoms with Crippen LogP contribution in [0.25, 0.3) is 0 Å². The minimum Gasteiger partial charge on any atom is -0.497 e. The van der Waals surface area contributed by atoms with Gasteiger partial charge in [-0.05, 0) is 44.4 Å². The molecule has 2 aromatic rings.